The first kappa shape index (κ1) is 17.0. The largest absolute Gasteiger partial charge is 0.341 e. The van der Waals surface area contributed by atoms with E-state index in [1.807, 2.05) is 18.7 Å². The van der Waals surface area contributed by atoms with Gasteiger partial charge in [0.2, 0.25) is 5.91 Å². The van der Waals surface area contributed by atoms with E-state index in [1.54, 1.807) is 0 Å². The number of nitriles is 1. The van der Waals surface area contributed by atoms with Gasteiger partial charge < -0.3 is 4.90 Å². The highest BCUT2D eigenvalue weighted by Gasteiger charge is 2.33. The van der Waals surface area contributed by atoms with Crippen molar-refractivity contribution in [1.29, 1.82) is 5.26 Å². The Morgan fingerprint density at radius 3 is 2.25 bits per heavy atom. The van der Waals surface area contributed by atoms with Gasteiger partial charge in [-0.1, -0.05) is 20.8 Å². The fourth-order valence-corrected chi connectivity index (χ4v) is 3.21. The van der Waals surface area contributed by atoms with Gasteiger partial charge in [0, 0.05) is 19.0 Å². The van der Waals surface area contributed by atoms with Crippen molar-refractivity contribution in [2.24, 2.45) is 23.2 Å². The molecule has 1 aliphatic carbocycles. The summed E-state index contributed by atoms with van der Waals surface area (Å²) < 4.78 is 0. The number of hydrogen-bond acceptors (Lipinski definition) is 2. The molecule has 114 valence electrons. The lowest BCUT2D eigenvalue weighted by molar-refractivity contribution is -0.137. The summed E-state index contributed by atoms with van der Waals surface area (Å²) in [6.07, 6.45) is 4.34. The summed E-state index contributed by atoms with van der Waals surface area (Å²) in [5.74, 6) is 1.10. The first-order chi connectivity index (χ1) is 9.29. The molecule has 1 fully saturated rings. The van der Waals surface area contributed by atoms with E-state index >= 15 is 0 Å². The van der Waals surface area contributed by atoms with Gasteiger partial charge in [-0.3, -0.25) is 4.79 Å². The number of hydrogen-bond donors (Lipinski definition) is 0. The van der Waals surface area contributed by atoms with Crippen LogP contribution in [-0.2, 0) is 4.79 Å². The van der Waals surface area contributed by atoms with Gasteiger partial charge in [-0.15, -0.1) is 0 Å². The van der Waals surface area contributed by atoms with Crippen LogP contribution in [0.5, 0.6) is 0 Å². The molecule has 1 saturated carbocycles. The Balaban J connectivity index is 2.55. The average Bonchev–Trinajstić information content (AvgIpc) is 2.42. The quantitative estimate of drug-likeness (QED) is 0.784. The predicted molar refractivity (Wildman–Crippen MR) is 81.9 cm³/mol. The first-order valence-electron chi connectivity index (χ1n) is 7.98. The van der Waals surface area contributed by atoms with Crippen molar-refractivity contribution < 1.29 is 4.79 Å². The highest BCUT2D eigenvalue weighted by atomic mass is 16.2. The Morgan fingerprint density at radius 2 is 1.85 bits per heavy atom. The number of carbonyl (C=O) groups excluding carboxylic acids is 1. The monoisotopic (exact) mass is 278 g/mol. The Morgan fingerprint density at radius 1 is 1.30 bits per heavy atom. The minimum absolute atomic E-state index is 0.0789. The second-order valence-corrected chi connectivity index (χ2v) is 7.32. The molecule has 0 radical (unpaired) electrons. The zero-order valence-electron chi connectivity index (χ0n) is 13.8. The maximum atomic E-state index is 12.6. The average molecular weight is 278 g/mol. The molecule has 1 aliphatic rings. The minimum atomic E-state index is -0.0789. The molecule has 20 heavy (non-hydrogen) atoms. The second kappa shape index (κ2) is 7.11. The summed E-state index contributed by atoms with van der Waals surface area (Å²) in [5.41, 5.74) is 0.355. The summed E-state index contributed by atoms with van der Waals surface area (Å²) in [6.45, 7) is 12.1. The lowest BCUT2D eigenvalue weighted by Gasteiger charge is -2.38. The molecule has 0 heterocycles. The van der Waals surface area contributed by atoms with Gasteiger partial charge in [0.05, 0.1) is 12.0 Å². The Bertz CT molecular complexity index is 356. The molecule has 1 atom stereocenters. The van der Waals surface area contributed by atoms with Crippen LogP contribution < -0.4 is 0 Å². The van der Waals surface area contributed by atoms with Gasteiger partial charge in [-0.25, -0.2) is 0 Å². The van der Waals surface area contributed by atoms with Gasteiger partial charge in [0.15, 0.2) is 0 Å². The van der Waals surface area contributed by atoms with Crippen LogP contribution in [0, 0.1) is 34.5 Å². The van der Waals surface area contributed by atoms with Crippen LogP contribution in [0.4, 0.5) is 0 Å². The Hall–Kier alpha value is -1.04. The van der Waals surface area contributed by atoms with Crippen molar-refractivity contribution in [3.63, 3.8) is 0 Å². The third kappa shape index (κ3) is 4.51. The van der Waals surface area contributed by atoms with Crippen molar-refractivity contribution in [2.75, 3.05) is 13.1 Å². The van der Waals surface area contributed by atoms with Crippen LogP contribution >= 0.6 is 0 Å². The summed E-state index contributed by atoms with van der Waals surface area (Å²) in [6, 6.07) is 2.22. The summed E-state index contributed by atoms with van der Waals surface area (Å²) in [5, 5.41) is 8.91. The fraction of sp³-hybridized carbons (Fsp3) is 0.882. The van der Waals surface area contributed by atoms with Crippen molar-refractivity contribution >= 4 is 5.91 Å². The van der Waals surface area contributed by atoms with E-state index in [-0.39, 0.29) is 17.7 Å². The summed E-state index contributed by atoms with van der Waals surface area (Å²) in [4.78, 5) is 14.4. The maximum absolute atomic E-state index is 12.6. The van der Waals surface area contributed by atoms with Crippen LogP contribution in [0.1, 0.15) is 60.3 Å². The molecular weight excluding hydrogens is 248 g/mol. The molecule has 0 aromatic rings. The SMILES string of the molecule is CCN(CC(C)C#N)C(=O)C1CCC(C(C)(C)C)CC1. The number of rotatable bonds is 4. The molecule has 0 N–H and O–H groups in total. The first-order valence-corrected chi connectivity index (χ1v) is 7.98. The lowest BCUT2D eigenvalue weighted by Crippen LogP contribution is -2.40. The molecule has 1 unspecified atom stereocenters. The molecule has 1 amide bonds. The van der Waals surface area contributed by atoms with Crippen LogP contribution in [0.3, 0.4) is 0 Å². The highest BCUT2D eigenvalue weighted by molar-refractivity contribution is 5.79. The highest BCUT2D eigenvalue weighted by Crippen LogP contribution is 2.40. The van der Waals surface area contributed by atoms with E-state index in [4.69, 9.17) is 5.26 Å². The number of carbonyl (C=O) groups is 1. The zero-order chi connectivity index (χ0) is 15.3. The lowest BCUT2D eigenvalue weighted by atomic mass is 9.69. The Kier molecular flexibility index (Phi) is 6.05. The third-order valence-electron chi connectivity index (χ3n) is 4.71. The molecule has 0 spiro atoms. The van der Waals surface area contributed by atoms with Crippen molar-refractivity contribution in [2.45, 2.75) is 60.3 Å². The summed E-state index contributed by atoms with van der Waals surface area (Å²) in [7, 11) is 0. The molecule has 0 aromatic heterocycles. The molecule has 0 aliphatic heterocycles. The van der Waals surface area contributed by atoms with E-state index in [0.717, 1.165) is 31.6 Å². The zero-order valence-corrected chi connectivity index (χ0v) is 13.8. The number of amides is 1. The number of nitrogens with zero attached hydrogens (tertiary/aromatic N) is 2. The standard InChI is InChI=1S/C17H30N2O/c1-6-19(12-13(2)11-18)16(20)14-7-9-15(10-8-14)17(3,4)5/h13-15H,6-10,12H2,1-5H3. The molecule has 0 aromatic carbocycles. The van der Waals surface area contributed by atoms with Crippen LogP contribution in [0.25, 0.3) is 0 Å². The van der Waals surface area contributed by atoms with Gasteiger partial charge in [0.1, 0.15) is 0 Å². The predicted octanol–water partition coefficient (Wildman–Crippen LogP) is 3.85. The fourth-order valence-electron chi connectivity index (χ4n) is 3.21. The summed E-state index contributed by atoms with van der Waals surface area (Å²) >= 11 is 0. The molecule has 1 rings (SSSR count). The van der Waals surface area contributed by atoms with Gasteiger partial charge in [-0.2, -0.15) is 5.26 Å². The third-order valence-corrected chi connectivity index (χ3v) is 4.71. The van der Waals surface area contributed by atoms with E-state index in [0.29, 0.717) is 18.5 Å². The molecule has 0 bridgehead atoms. The smallest absolute Gasteiger partial charge is 0.225 e. The minimum Gasteiger partial charge on any atom is -0.341 e. The van der Waals surface area contributed by atoms with E-state index in [9.17, 15) is 4.79 Å². The Labute approximate surface area is 124 Å². The van der Waals surface area contributed by atoms with E-state index in [2.05, 4.69) is 26.8 Å². The van der Waals surface area contributed by atoms with Crippen LogP contribution in [0.15, 0.2) is 0 Å². The van der Waals surface area contributed by atoms with Crippen molar-refractivity contribution in [1.82, 2.24) is 4.90 Å². The van der Waals surface area contributed by atoms with Crippen molar-refractivity contribution in [3.8, 4) is 6.07 Å². The maximum Gasteiger partial charge on any atom is 0.225 e. The van der Waals surface area contributed by atoms with Crippen LogP contribution in [0.2, 0.25) is 0 Å². The molecule has 0 saturated heterocycles. The topological polar surface area (TPSA) is 44.1 Å². The second-order valence-electron chi connectivity index (χ2n) is 7.32. The van der Waals surface area contributed by atoms with Crippen molar-refractivity contribution in [3.05, 3.63) is 0 Å². The molecule has 3 nitrogen and oxygen atoms in total. The normalized spacial score (nSPS) is 24.8. The van der Waals surface area contributed by atoms with Gasteiger partial charge in [0.25, 0.3) is 0 Å². The molecular formula is C17H30N2O. The molecule has 3 heteroatoms. The van der Waals surface area contributed by atoms with Crippen LogP contribution in [-0.4, -0.2) is 23.9 Å². The van der Waals surface area contributed by atoms with E-state index < -0.39 is 0 Å². The van der Waals surface area contributed by atoms with Gasteiger partial charge >= 0.3 is 0 Å². The van der Waals surface area contributed by atoms with Gasteiger partial charge in [-0.05, 0) is 50.9 Å². The van der Waals surface area contributed by atoms with E-state index in [1.165, 1.54) is 0 Å².